The molecule has 0 heterocycles. The van der Waals surface area contributed by atoms with Crippen LogP contribution in [0, 0.1) is 5.92 Å². The topological polar surface area (TPSA) is 12.0 Å². The Labute approximate surface area is 116 Å². The van der Waals surface area contributed by atoms with E-state index in [1.807, 2.05) is 0 Å². The normalized spacial score (nSPS) is 24.3. The van der Waals surface area contributed by atoms with Crippen LogP contribution in [0.4, 0.5) is 0 Å². The largest absolute Gasteiger partial charge is 0.309 e. The predicted octanol–water partition coefficient (Wildman–Crippen LogP) is 4.04. The van der Waals surface area contributed by atoms with Crippen molar-refractivity contribution in [2.45, 2.75) is 50.7 Å². The number of hydrogen-bond donors (Lipinski definition) is 1. The second-order valence-corrected chi connectivity index (χ2v) is 7.18. The van der Waals surface area contributed by atoms with Crippen LogP contribution < -0.4 is 5.32 Å². The van der Waals surface area contributed by atoms with Gasteiger partial charge in [0.1, 0.15) is 0 Å². The van der Waals surface area contributed by atoms with Crippen LogP contribution in [0.15, 0.2) is 24.3 Å². The number of thioether (sulfide) groups is 1. The van der Waals surface area contributed by atoms with Gasteiger partial charge >= 0.3 is 0 Å². The third-order valence-corrected chi connectivity index (χ3v) is 5.70. The second kappa shape index (κ2) is 6.12. The lowest BCUT2D eigenvalue weighted by atomic mass is 10.1. The van der Waals surface area contributed by atoms with Gasteiger partial charge in [-0.3, -0.25) is 0 Å². The van der Waals surface area contributed by atoms with Crippen LogP contribution in [0.1, 0.15) is 44.9 Å². The lowest BCUT2D eigenvalue weighted by Gasteiger charge is -2.25. The first kappa shape index (κ1) is 14.0. The Hall–Kier alpha value is -0.470. The summed E-state index contributed by atoms with van der Waals surface area (Å²) in [4.78, 5) is 0. The van der Waals surface area contributed by atoms with Gasteiger partial charge in [0.25, 0.3) is 0 Å². The van der Waals surface area contributed by atoms with Crippen molar-refractivity contribution in [3.05, 3.63) is 35.4 Å². The molecule has 1 aliphatic rings. The van der Waals surface area contributed by atoms with Crippen LogP contribution in [0.5, 0.6) is 0 Å². The first-order valence-corrected chi connectivity index (χ1v) is 8.04. The van der Waals surface area contributed by atoms with Gasteiger partial charge < -0.3 is 5.32 Å². The highest BCUT2D eigenvalue weighted by Crippen LogP contribution is 2.41. The standard InChI is InChI=1S/C16H25NS/c1-5-17-16-14-9-7-6-8-13(14)10-15(16)18-12(4)11(2)3/h6-9,11-12,15-17H,5,10H2,1-4H3. The lowest BCUT2D eigenvalue weighted by Crippen LogP contribution is -2.28. The molecule has 0 aromatic heterocycles. The summed E-state index contributed by atoms with van der Waals surface area (Å²) >= 11 is 2.16. The molecule has 1 aromatic rings. The molecule has 1 nitrogen and oxygen atoms in total. The van der Waals surface area contributed by atoms with E-state index >= 15 is 0 Å². The van der Waals surface area contributed by atoms with E-state index in [9.17, 15) is 0 Å². The maximum Gasteiger partial charge on any atom is 0.0446 e. The van der Waals surface area contributed by atoms with Crippen LogP contribution in [0.3, 0.4) is 0 Å². The molecule has 0 saturated carbocycles. The molecule has 100 valence electrons. The van der Waals surface area contributed by atoms with E-state index in [0.29, 0.717) is 11.3 Å². The van der Waals surface area contributed by atoms with E-state index in [2.05, 4.69) is 69.0 Å². The molecule has 0 spiro atoms. The summed E-state index contributed by atoms with van der Waals surface area (Å²) in [6.07, 6.45) is 1.22. The van der Waals surface area contributed by atoms with Crippen molar-refractivity contribution in [3.63, 3.8) is 0 Å². The number of benzene rings is 1. The Balaban J connectivity index is 2.13. The smallest absolute Gasteiger partial charge is 0.0446 e. The number of fused-ring (bicyclic) bond motifs is 1. The highest BCUT2D eigenvalue weighted by Gasteiger charge is 2.33. The van der Waals surface area contributed by atoms with Crippen molar-refractivity contribution in [1.82, 2.24) is 5.32 Å². The molecule has 0 amide bonds. The Morgan fingerprint density at radius 2 is 2.00 bits per heavy atom. The SMILES string of the molecule is CCNC1c2ccccc2CC1SC(C)C(C)C. The van der Waals surface area contributed by atoms with E-state index in [4.69, 9.17) is 0 Å². The van der Waals surface area contributed by atoms with Crippen LogP contribution >= 0.6 is 11.8 Å². The minimum atomic E-state index is 0.539. The molecule has 1 aromatic carbocycles. The molecule has 3 unspecified atom stereocenters. The van der Waals surface area contributed by atoms with E-state index in [1.165, 1.54) is 17.5 Å². The fourth-order valence-electron chi connectivity index (χ4n) is 2.58. The molecule has 2 heteroatoms. The first-order valence-electron chi connectivity index (χ1n) is 7.10. The maximum atomic E-state index is 3.67. The Bertz CT molecular complexity index is 388. The molecule has 2 rings (SSSR count). The Morgan fingerprint density at radius 1 is 1.28 bits per heavy atom. The van der Waals surface area contributed by atoms with Crippen molar-refractivity contribution < 1.29 is 0 Å². The zero-order valence-electron chi connectivity index (χ0n) is 11.9. The number of rotatable bonds is 5. The van der Waals surface area contributed by atoms with Crippen molar-refractivity contribution in [2.24, 2.45) is 5.92 Å². The molecule has 18 heavy (non-hydrogen) atoms. The minimum Gasteiger partial charge on any atom is -0.309 e. The van der Waals surface area contributed by atoms with Crippen molar-refractivity contribution in [3.8, 4) is 0 Å². The average Bonchev–Trinajstić information content (AvgIpc) is 2.68. The zero-order valence-corrected chi connectivity index (χ0v) is 12.8. The molecular formula is C16H25NS. The molecule has 1 N–H and O–H groups in total. The van der Waals surface area contributed by atoms with Crippen molar-refractivity contribution in [2.75, 3.05) is 6.54 Å². The van der Waals surface area contributed by atoms with Crippen molar-refractivity contribution >= 4 is 11.8 Å². The Morgan fingerprint density at radius 3 is 2.67 bits per heavy atom. The number of nitrogens with one attached hydrogen (secondary N) is 1. The zero-order chi connectivity index (χ0) is 13.1. The minimum absolute atomic E-state index is 0.539. The van der Waals surface area contributed by atoms with Gasteiger partial charge in [0.15, 0.2) is 0 Å². The summed E-state index contributed by atoms with van der Waals surface area (Å²) in [7, 11) is 0. The molecule has 1 aliphatic carbocycles. The average molecular weight is 263 g/mol. The van der Waals surface area contributed by atoms with E-state index in [0.717, 1.165) is 17.7 Å². The fraction of sp³-hybridized carbons (Fsp3) is 0.625. The third kappa shape index (κ3) is 2.92. The van der Waals surface area contributed by atoms with Crippen LogP contribution in [0.25, 0.3) is 0 Å². The van der Waals surface area contributed by atoms with Gasteiger partial charge in [-0.15, -0.1) is 0 Å². The molecular weight excluding hydrogens is 238 g/mol. The van der Waals surface area contributed by atoms with Gasteiger partial charge in [-0.2, -0.15) is 11.8 Å². The second-order valence-electron chi connectivity index (χ2n) is 5.56. The van der Waals surface area contributed by atoms with E-state index in [-0.39, 0.29) is 0 Å². The van der Waals surface area contributed by atoms with Crippen LogP contribution in [0.2, 0.25) is 0 Å². The number of hydrogen-bond acceptors (Lipinski definition) is 2. The highest BCUT2D eigenvalue weighted by atomic mass is 32.2. The Kier molecular flexibility index (Phi) is 4.74. The van der Waals surface area contributed by atoms with Gasteiger partial charge in [-0.25, -0.2) is 0 Å². The summed E-state index contributed by atoms with van der Waals surface area (Å²) in [5.74, 6) is 0.751. The summed E-state index contributed by atoms with van der Waals surface area (Å²) in [6.45, 7) is 10.3. The van der Waals surface area contributed by atoms with Gasteiger partial charge in [-0.1, -0.05) is 52.0 Å². The molecule has 3 atom stereocenters. The molecule has 0 bridgehead atoms. The van der Waals surface area contributed by atoms with Crippen LogP contribution in [-0.4, -0.2) is 17.0 Å². The predicted molar refractivity (Wildman–Crippen MR) is 82.2 cm³/mol. The van der Waals surface area contributed by atoms with Crippen molar-refractivity contribution in [1.29, 1.82) is 0 Å². The molecule has 0 aliphatic heterocycles. The lowest BCUT2D eigenvalue weighted by molar-refractivity contribution is 0.554. The van der Waals surface area contributed by atoms with Gasteiger partial charge in [-0.05, 0) is 30.0 Å². The highest BCUT2D eigenvalue weighted by molar-refractivity contribution is 8.00. The molecule has 0 fully saturated rings. The summed E-state index contributed by atoms with van der Waals surface area (Å²) in [5.41, 5.74) is 3.06. The third-order valence-electron chi connectivity index (χ3n) is 3.94. The van der Waals surface area contributed by atoms with Gasteiger partial charge in [0.05, 0.1) is 0 Å². The molecule has 0 saturated heterocycles. The maximum absolute atomic E-state index is 3.67. The van der Waals surface area contributed by atoms with Gasteiger partial charge in [0.2, 0.25) is 0 Å². The monoisotopic (exact) mass is 263 g/mol. The summed E-state index contributed by atoms with van der Waals surface area (Å²) in [5, 5.41) is 5.10. The quantitative estimate of drug-likeness (QED) is 0.860. The van der Waals surface area contributed by atoms with E-state index < -0.39 is 0 Å². The summed E-state index contributed by atoms with van der Waals surface area (Å²) < 4.78 is 0. The first-order chi connectivity index (χ1) is 8.63. The fourth-order valence-corrected chi connectivity index (χ4v) is 4.12. The van der Waals surface area contributed by atoms with Gasteiger partial charge in [0, 0.05) is 16.5 Å². The summed E-state index contributed by atoms with van der Waals surface area (Å²) in [6, 6.07) is 9.46. The van der Waals surface area contributed by atoms with E-state index in [1.54, 1.807) is 0 Å². The van der Waals surface area contributed by atoms with Crippen LogP contribution in [-0.2, 0) is 6.42 Å². The molecule has 0 radical (unpaired) electrons.